The van der Waals surface area contributed by atoms with Crippen LogP contribution in [0.4, 0.5) is 10.2 Å². The topological polar surface area (TPSA) is 98.5 Å². The fourth-order valence-corrected chi connectivity index (χ4v) is 4.35. The van der Waals surface area contributed by atoms with Crippen LogP contribution in [0.2, 0.25) is 5.02 Å². The van der Waals surface area contributed by atoms with Crippen molar-refractivity contribution < 1.29 is 23.8 Å². The number of rotatable bonds is 10. The van der Waals surface area contributed by atoms with Crippen molar-refractivity contribution in [1.29, 1.82) is 0 Å². The molecule has 0 unspecified atom stereocenters. The molecule has 0 aliphatic rings. The number of nitrogens with one attached hydrogen (secondary N) is 1. The maximum atomic E-state index is 14.1. The third-order valence-electron chi connectivity index (χ3n) is 5.71. The Bertz CT molecular complexity index is 1420. The molecule has 0 bridgehead atoms. The maximum Gasteiger partial charge on any atom is 0.341 e. The zero-order valence-corrected chi connectivity index (χ0v) is 20.9. The lowest BCUT2D eigenvalue weighted by atomic mass is 10.1. The van der Waals surface area contributed by atoms with Gasteiger partial charge in [0.25, 0.3) is 0 Å². The molecule has 0 spiro atoms. The molecule has 0 fully saturated rings. The fraction of sp³-hybridized carbons (Fsp3) is 0.269. The first-order chi connectivity index (χ1) is 17.3. The van der Waals surface area contributed by atoms with Crippen LogP contribution in [0.5, 0.6) is 11.5 Å². The van der Waals surface area contributed by atoms with Crippen LogP contribution in [-0.4, -0.2) is 45.9 Å². The van der Waals surface area contributed by atoms with Crippen molar-refractivity contribution in [3.05, 3.63) is 64.8 Å². The number of carboxylic acid groups (broad SMARTS) is 1. The monoisotopic (exact) mass is 512 g/mol. The number of halogens is 2. The summed E-state index contributed by atoms with van der Waals surface area (Å²) in [6.45, 7) is 5.33. The second-order valence-corrected chi connectivity index (χ2v) is 8.59. The molecule has 188 valence electrons. The zero-order valence-electron chi connectivity index (χ0n) is 20.1. The van der Waals surface area contributed by atoms with Gasteiger partial charge in [0.05, 0.1) is 29.9 Å². The van der Waals surface area contributed by atoms with Gasteiger partial charge in [-0.25, -0.2) is 19.2 Å². The van der Waals surface area contributed by atoms with E-state index in [-0.39, 0.29) is 22.2 Å². The lowest BCUT2D eigenvalue weighted by Gasteiger charge is -2.13. The Hall–Kier alpha value is -3.85. The molecule has 0 aliphatic carbocycles. The second-order valence-electron chi connectivity index (χ2n) is 8.18. The SMILES string of the molecule is CCCOc1cc(-c2cc(NCCn3c(C)cc4c(OC)cc(F)cc43)ncn2)cc(Cl)c1C(=O)O. The molecule has 8 nitrogen and oxygen atoms in total. The van der Waals surface area contributed by atoms with E-state index in [0.717, 1.165) is 23.0 Å². The first-order valence-corrected chi connectivity index (χ1v) is 11.8. The maximum absolute atomic E-state index is 14.1. The molecule has 2 aromatic heterocycles. The highest BCUT2D eigenvalue weighted by Gasteiger charge is 2.19. The number of aromatic carboxylic acids is 1. The fourth-order valence-electron chi connectivity index (χ4n) is 4.06. The highest BCUT2D eigenvalue weighted by atomic mass is 35.5. The van der Waals surface area contributed by atoms with E-state index in [1.165, 1.54) is 25.6 Å². The van der Waals surface area contributed by atoms with Crippen LogP contribution in [0.1, 0.15) is 29.4 Å². The molecule has 2 aromatic carbocycles. The van der Waals surface area contributed by atoms with Gasteiger partial charge in [-0.05, 0) is 37.6 Å². The van der Waals surface area contributed by atoms with E-state index in [2.05, 4.69) is 15.3 Å². The number of aryl methyl sites for hydroxylation is 1. The normalized spacial score (nSPS) is 11.0. The van der Waals surface area contributed by atoms with E-state index in [4.69, 9.17) is 21.1 Å². The van der Waals surface area contributed by atoms with Crippen LogP contribution in [0.3, 0.4) is 0 Å². The standard InChI is InChI=1S/C26H26ClFN4O4/c1-4-7-36-23-10-16(9-19(27)25(23)26(33)34)20-13-24(31-14-30-20)29-5-6-32-15(2)8-18-21(32)11-17(28)12-22(18)35-3/h8-14H,4-7H2,1-3H3,(H,33,34)(H,29,30,31). The number of carboxylic acids is 1. The molecule has 4 aromatic rings. The van der Waals surface area contributed by atoms with Gasteiger partial charge in [-0.1, -0.05) is 18.5 Å². The van der Waals surface area contributed by atoms with E-state index in [0.29, 0.717) is 42.5 Å². The minimum absolute atomic E-state index is 0.0665. The van der Waals surface area contributed by atoms with Gasteiger partial charge < -0.3 is 24.5 Å². The molecular formula is C26H26ClFN4O4. The molecular weight excluding hydrogens is 487 g/mol. The van der Waals surface area contributed by atoms with Crippen LogP contribution >= 0.6 is 11.6 Å². The minimum Gasteiger partial charge on any atom is -0.496 e. The largest absolute Gasteiger partial charge is 0.496 e. The Morgan fingerprint density at radius 1 is 1.17 bits per heavy atom. The van der Waals surface area contributed by atoms with E-state index < -0.39 is 5.97 Å². The predicted octanol–water partition coefficient (Wildman–Crippen LogP) is 5.81. The lowest BCUT2D eigenvalue weighted by molar-refractivity contribution is 0.0692. The average molecular weight is 513 g/mol. The number of nitrogens with zero attached hydrogens (tertiary/aromatic N) is 3. The number of hydrogen-bond acceptors (Lipinski definition) is 6. The van der Waals surface area contributed by atoms with Gasteiger partial charge in [0.15, 0.2) is 0 Å². The van der Waals surface area contributed by atoms with Crippen LogP contribution in [-0.2, 0) is 6.54 Å². The quantitative estimate of drug-likeness (QED) is 0.277. The number of hydrogen-bond donors (Lipinski definition) is 2. The molecule has 0 saturated carbocycles. The third-order valence-corrected chi connectivity index (χ3v) is 6.01. The molecule has 2 N–H and O–H groups in total. The number of benzene rings is 2. The molecule has 0 aliphatic heterocycles. The van der Waals surface area contributed by atoms with E-state index in [1.807, 2.05) is 24.5 Å². The number of aromatic nitrogens is 3. The van der Waals surface area contributed by atoms with Gasteiger partial charge in [0.2, 0.25) is 0 Å². The van der Waals surface area contributed by atoms with E-state index in [1.54, 1.807) is 18.2 Å². The highest BCUT2D eigenvalue weighted by Crippen LogP contribution is 2.34. The van der Waals surface area contributed by atoms with Gasteiger partial charge >= 0.3 is 5.97 Å². The summed E-state index contributed by atoms with van der Waals surface area (Å²) in [6.07, 6.45) is 2.14. The first-order valence-electron chi connectivity index (χ1n) is 11.4. The van der Waals surface area contributed by atoms with Gasteiger partial charge in [0.1, 0.15) is 35.0 Å². The Morgan fingerprint density at radius 2 is 1.97 bits per heavy atom. The Balaban J connectivity index is 1.55. The van der Waals surface area contributed by atoms with Crippen molar-refractivity contribution in [1.82, 2.24) is 14.5 Å². The van der Waals surface area contributed by atoms with Crippen LogP contribution in [0, 0.1) is 12.7 Å². The number of methoxy groups -OCH3 is 1. The van der Waals surface area contributed by atoms with E-state index >= 15 is 0 Å². The van der Waals surface area contributed by atoms with Crippen molar-refractivity contribution in [2.24, 2.45) is 0 Å². The van der Waals surface area contributed by atoms with Crippen LogP contribution in [0.25, 0.3) is 22.2 Å². The molecule has 2 heterocycles. The number of anilines is 1. The summed E-state index contributed by atoms with van der Waals surface area (Å²) >= 11 is 6.28. The molecule has 36 heavy (non-hydrogen) atoms. The Morgan fingerprint density at radius 3 is 2.69 bits per heavy atom. The summed E-state index contributed by atoms with van der Waals surface area (Å²) in [5, 5.41) is 13.7. The van der Waals surface area contributed by atoms with Crippen molar-refractivity contribution in [2.75, 3.05) is 25.6 Å². The van der Waals surface area contributed by atoms with Crippen molar-refractivity contribution in [2.45, 2.75) is 26.8 Å². The van der Waals surface area contributed by atoms with Crippen molar-refractivity contribution in [3.8, 4) is 22.8 Å². The van der Waals surface area contributed by atoms with E-state index in [9.17, 15) is 14.3 Å². The summed E-state index contributed by atoms with van der Waals surface area (Å²) in [6, 6.07) is 9.76. The molecule has 0 saturated heterocycles. The van der Waals surface area contributed by atoms with Crippen molar-refractivity contribution >= 4 is 34.3 Å². The first kappa shape index (κ1) is 25.2. The van der Waals surface area contributed by atoms with Crippen LogP contribution < -0.4 is 14.8 Å². The number of fused-ring (bicyclic) bond motifs is 1. The lowest BCUT2D eigenvalue weighted by Crippen LogP contribution is -2.12. The Kier molecular flexibility index (Phi) is 7.59. The second kappa shape index (κ2) is 10.8. The third kappa shape index (κ3) is 5.21. The van der Waals surface area contributed by atoms with Gasteiger partial charge in [-0.2, -0.15) is 0 Å². The molecule has 10 heteroatoms. The highest BCUT2D eigenvalue weighted by molar-refractivity contribution is 6.34. The van der Waals surface area contributed by atoms with Crippen molar-refractivity contribution in [3.63, 3.8) is 0 Å². The average Bonchev–Trinajstić information content (AvgIpc) is 3.16. The molecule has 0 atom stereocenters. The molecule has 4 rings (SSSR count). The molecule has 0 radical (unpaired) electrons. The summed E-state index contributed by atoms with van der Waals surface area (Å²) in [5.74, 6) is -0.255. The van der Waals surface area contributed by atoms with Gasteiger partial charge in [-0.15, -0.1) is 0 Å². The zero-order chi connectivity index (χ0) is 25.8. The number of carbonyl (C=O) groups is 1. The predicted molar refractivity (Wildman–Crippen MR) is 137 cm³/mol. The van der Waals surface area contributed by atoms with Gasteiger partial charge in [-0.3, -0.25) is 0 Å². The Labute approximate surface area is 212 Å². The summed E-state index contributed by atoms with van der Waals surface area (Å²) in [5.41, 5.74) is 2.82. The van der Waals surface area contributed by atoms with Gasteiger partial charge in [0, 0.05) is 41.9 Å². The minimum atomic E-state index is -1.16. The summed E-state index contributed by atoms with van der Waals surface area (Å²) in [4.78, 5) is 20.2. The smallest absolute Gasteiger partial charge is 0.341 e. The molecule has 0 amide bonds. The van der Waals surface area contributed by atoms with Crippen LogP contribution in [0.15, 0.2) is 42.7 Å². The summed E-state index contributed by atoms with van der Waals surface area (Å²) < 4.78 is 27.1. The number of ether oxygens (including phenoxy) is 2. The summed E-state index contributed by atoms with van der Waals surface area (Å²) in [7, 11) is 1.52.